The Hall–Kier alpha value is -9.38. The standard InChI is InChI=1S/C69H46N2O2/c1-69(2)59-18-9-6-15-52(59)53-35-27-47(41-60(53)69)43-23-31-50(32-24-43)70(51-33-25-44(26-34-51)48-28-36-56-55-17-8-11-21-64(55)73-67(56)42-48)63-20-12-22-66-68(63)58-40-46(30-38-65(58)72-66)45-29-37-62-57(39-45)54-16-7-10-19-61(54)71(62)49-13-4-3-5-14-49/h3-42H,1-2H3. The molecule has 0 atom stereocenters. The van der Waals surface area contributed by atoms with E-state index in [9.17, 15) is 0 Å². The third kappa shape index (κ3) is 6.40. The van der Waals surface area contributed by atoms with Crippen molar-refractivity contribution in [2.24, 2.45) is 0 Å². The minimum Gasteiger partial charge on any atom is -0.456 e. The molecule has 0 unspecified atom stereocenters. The summed E-state index contributed by atoms with van der Waals surface area (Å²) >= 11 is 0. The van der Waals surface area contributed by atoms with E-state index in [-0.39, 0.29) is 5.41 Å². The molecule has 0 fully saturated rings. The molecule has 11 aromatic carbocycles. The van der Waals surface area contributed by atoms with Crippen LogP contribution in [0, 0.1) is 0 Å². The monoisotopic (exact) mass is 934 g/mol. The lowest BCUT2D eigenvalue weighted by atomic mass is 9.81. The molecule has 15 rings (SSSR count). The summed E-state index contributed by atoms with van der Waals surface area (Å²) in [5.41, 5.74) is 22.3. The van der Waals surface area contributed by atoms with Crippen LogP contribution in [0.5, 0.6) is 0 Å². The molecule has 0 saturated heterocycles. The van der Waals surface area contributed by atoms with Crippen molar-refractivity contribution in [1.82, 2.24) is 4.57 Å². The van der Waals surface area contributed by atoms with Crippen LogP contribution >= 0.6 is 0 Å². The fourth-order valence-electron chi connectivity index (χ4n) is 12.0. The third-order valence-electron chi connectivity index (χ3n) is 15.6. The Bertz CT molecular complexity index is 4510. The summed E-state index contributed by atoms with van der Waals surface area (Å²) in [6.07, 6.45) is 0. The van der Waals surface area contributed by atoms with Crippen LogP contribution in [-0.4, -0.2) is 4.57 Å². The number of furan rings is 2. The van der Waals surface area contributed by atoms with Gasteiger partial charge in [0.1, 0.15) is 22.3 Å². The molecular formula is C69H46N2O2. The minimum atomic E-state index is -0.0793. The lowest BCUT2D eigenvalue weighted by Crippen LogP contribution is -2.14. The molecule has 1 aliphatic rings. The second-order valence-corrected chi connectivity index (χ2v) is 20.1. The van der Waals surface area contributed by atoms with Crippen LogP contribution in [0.2, 0.25) is 0 Å². The van der Waals surface area contributed by atoms with Crippen LogP contribution in [0.25, 0.3) is 116 Å². The largest absolute Gasteiger partial charge is 0.456 e. The Labute approximate surface area is 422 Å². The van der Waals surface area contributed by atoms with Crippen LogP contribution < -0.4 is 4.90 Å². The zero-order chi connectivity index (χ0) is 48.4. The van der Waals surface area contributed by atoms with Gasteiger partial charge in [-0.15, -0.1) is 0 Å². The first kappa shape index (κ1) is 41.4. The van der Waals surface area contributed by atoms with Gasteiger partial charge in [-0.05, 0) is 159 Å². The number of benzene rings is 11. The van der Waals surface area contributed by atoms with Gasteiger partial charge in [-0.2, -0.15) is 0 Å². The molecule has 0 bridgehead atoms. The second-order valence-electron chi connectivity index (χ2n) is 20.1. The molecular weight excluding hydrogens is 889 g/mol. The summed E-state index contributed by atoms with van der Waals surface area (Å²) in [7, 11) is 0. The molecule has 3 aromatic heterocycles. The van der Waals surface area contributed by atoms with Gasteiger partial charge in [0.15, 0.2) is 0 Å². The number of rotatable bonds is 7. The van der Waals surface area contributed by atoms with E-state index in [0.717, 1.165) is 88.9 Å². The van der Waals surface area contributed by atoms with E-state index in [0.29, 0.717) is 0 Å². The first-order chi connectivity index (χ1) is 35.9. The Morgan fingerprint density at radius 1 is 0.342 bits per heavy atom. The number of nitrogens with zero attached hydrogens (tertiary/aromatic N) is 2. The van der Waals surface area contributed by atoms with Crippen LogP contribution in [0.15, 0.2) is 251 Å². The van der Waals surface area contributed by atoms with E-state index < -0.39 is 0 Å². The van der Waals surface area contributed by atoms with Crippen molar-refractivity contribution in [3.63, 3.8) is 0 Å². The summed E-state index contributed by atoms with van der Waals surface area (Å²) in [5.74, 6) is 0. The average Bonchev–Trinajstić information content (AvgIpc) is 4.18. The van der Waals surface area contributed by atoms with E-state index in [2.05, 4.69) is 254 Å². The van der Waals surface area contributed by atoms with Crippen LogP contribution in [0.4, 0.5) is 17.1 Å². The normalized spacial score (nSPS) is 12.9. The second kappa shape index (κ2) is 15.8. The molecule has 3 heterocycles. The average molecular weight is 935 g/mol. The molecule has 0 amide bonds. The van der Waals surface area contributed by atoms with Crippen molar-refractivity contribution in [2.75, 3.05) is 4.90 Å². The maximum absolute atomic E-state index is 6.73. The van der Waals surface area contributed by atoms with Gasteiger partial charge in [-0.3, -0.25) is 0 Å². The molecule has 14 aromatic rings. The van der Waals surface area contributed by atoms with E-state index in [1.165, 1.54) is 55.2 Å². The molecule has 0 aliphatic heterocycles. The smallest absolute Gasteiger partial charge is 0.137 e. The van der Waals surface area contributed by atoms with Gasteiger partial charge in [0, 0.05) is 49.4 Å². The molecule has 0 saturated carbocycles. The third-order valence-corrected chi connectivity index (χ3v) is 15.6. The SMILES string of the molecule is CC1(C)c2ccccc2-c2ccc(-c3ccc(N(c4ccc(-c5ccc6c(c5)oc5ccccc56)cc4)c4cccc5oc6ccc(-c7ccc8c(c7)c7ccccc7n8-c7ccccc7)cc6c45)cc3)cc21. The highest BCUT2D eigenvalue weighted by Gasteiger charge is 2.35. The number of para-hydroxylation sites is 3. The predicted molar refractivity (Wildman–Crippen MR) is 304 cm³/mol. The molecule has 0 radical (unpaired) electrons. The highest BCUT2D eigenvalue weighted by molar-refractivity contribution is 6.15. The van der Waals surface area contributed by atoms with Gasteiger partial charge in [-0.1, -0.05) is 153 Å². The Balaban J connectivity index is 0.861. The van der Waals surface area contributed by atoms with E-state index in [1.807, 2.05) is 12.1 Å². The molecule has 73 heavy (non-hydrogen) atoms. The lowest BCUT2D eigenvalue weighted by molar-refractivity contribution is 0.660. The van der Waals surface area contributed by atoms with Gasteiger partial charge >= 0.3 is 0 Å². The minimum absolute atomic E-state index is 0.0793. The Morgan fingerprint density at radius 3 is 1.70 bits per heavy atom. The van der Waals surface area contributed by atoms with Crippen molar-refractivity contribution in [3.05, 3.63) is 254 Å². The summed E-state index contributed by atoms with van der Waals surface area (Å²) in [4.78, 5) is 2.38. The fourth-order valence-corrected chi connectivity index (χ4v) is 12.0. The maximum atomic E-state index is 6.73. The van der Waals surface area contributed by atoms with Gasteiger partial charge in [0.2, 0.25) is 0 Å². The molecule has 1 aliphatic carbocycles. The van der Waals surface area contributed by atoms with Crippen molar-refractivity contribution < 1.29 is 8.83 Å². The summed E-state index contributed by atoms with van der Waals surface area (Å²) < 4.78 is 15.4. The zero-order valence-electron chi connectivity index (χ0n) is 40.3. The zero-order valence-corrected chi connectivity index (χ0v) is 40.3. The van der Waals surface area contributed by atoms with Crippen LogP contribution in [0.1, 0.15) is 25.0 Å². The van der Waals surface area contributed by atoms with Gasteiger partial charge in [0.25, 0.3) is 0 Å². The number of anilines is 3. The van der Waals surface area contributed by atoms with Crippen molar-refractivity contribution in [3.8, 4) is 50.2 Å². The van der Waals surface area contributed by atoms with Crippen molar-refractivity contribution >= 4 is 82.7 Å². The molecule has 344 valence electrons. The van der Waals surface area contributed by atoms with Crippen molar-refractivity contribution in [2.45, 2.75) is 19.3 Å². The summed E-state index contributed by atoms with van der Waals surface area (Å²) in [6.45, 7) is 4.69. The Morgan fingerprint density at radius 2 is 0.890 bits per heavy atom. The number of hydrogen-bond acceptors (Lipinski definition) is 3. The van der Waals surface area contributed by atoms with Gasteiger partial charge in [0.05, 0.1) is 22.1 Å². The van der Waals surface area contributed by atoms with E-state index in [1.54, 1.807) is 0 Å². The van der Waals surface area contributed by atoms with Crippen LogP contribution in [-0.2, 0) is 5.41 Å². The first-order valence-electron chi connectivity index (χ1n) is 25.1. The molecule has 4 nitrogen and oxygen atoms in total. The predicted octanol–water partition coefficient (Wildman–Crippen LogP) is 19.4. The molecule has 0 N–H and O–H groups in total. The fraction of sp³-hybridized carbons (Fsp3) is 0.0435. The Kier molecular flexibility index (Phi) is 8.97. The van der Waals surface area contributed by atoms with Crippen molar-refractivity contribution in [1.29, 1.82) is 0 Å². The van der Waals surface area contributed by atoms with Gasteiger partial charge in [-0.25, -0.2) is 0 Å². The van der Waals surface area contributed by atoms with E-state index >= 15 is 0 Å². The maximum Gasteiger partial charge on any atom is 0.137 e. The topological polar surface area (TPSA) is 34.5 Å². The quantitative estimate of drug-likeness (QED) is 0.160. The summed E-state index contributed by atoms with van der Waals surface area (Å²) in [6, 6.07) is 87.9. The molecule has 4 heteroatoms. The number of fused-ring (bicyclic) bond motifs is 12. The number of hydrogen-bond donors (Lipinski definition) is 0. The first-order valence-corrected chi connectivity index (χ1v) is 25.1. The van der Waals surface area contributed by atoms with Crippen LogP contribution in [0.3, 0.4) is 0 Å². The van der Waals surface area contributed by atoms with E-state index in [4.69, 9.17) is 8.83 Å². The summed E-state index contributed by atoms with van der Waals surface area (Å²) in [5, 5.41) is 6.83. The number of aromatic nitrogens is 1. The van der Waals surface area contributed by atoms with Gasteiger partial charge < -0.3 is 18.3 Å². The molecule has 0 spiro atoms. The lowest BCUT2D eigenvalue weighted by Gasteiger charge is -2.27. The highest BCUT2D eigenvalue weighted by Crippen LogP contribution is 2.50. The highest BCUT2D eigenvalue weighted by atomic mass is 16.3.